The monoisotopic (exact) mass is 314 g/mol. The molecule has 0 spiro atoms. The molecular weight excluding hydrogens is 291 g/mol. The first-order valence-electron chi connectivity index (χ1n) is 6.29. The van der Waals surface area contributed by atoms with Crippen molar-refractivity contribution in [1.82, 2.24) is 0 Å². The van der Waals surface area contributed by atoms with Crippen LogP contribution in [0.2, 0.25) is 0 Å². The van der Waals surface area contributed by atoms with Gasteiger partial charge in [-0.3, -0.25) is 4.57 Å². The number of aliphatic hydroxyl groups excluding tert-OH is 3. The van der Waals surface area contributed by atoms with E-state index in [1.54, 1.807) is 27.7 Å². The Balaban J connectivity index is 2.94. The van der Waals surface area contributed by atoms with Crippen LogP contribution in [0.3, 0.4) is 0 Å². The highest BCUT2D eigenvalue weighted by Crippen LogP contribution is 2.61. The summed E-state index contributed by atoms with van der Waals surface area (Å²) >= 11 is 1.10. The van der Waals surface area contributed by atoms with E-state index in [2.05, 4.69) is 0 Å². The van der Waals surface area contributed by atoms with Gasteiger partial charge in [-0.15, -0.1) is 11.8 Å². The third-order valence-corrected chi connectivity index (χ3v) is 7.24. The molecule has 0 radical (unpaired) electrons. The zero-order valence-electron chi connectivity index (χ0n) is 11.6. The van der Waals surface area contributed by atoms with Crippen molar-refractivity contribution in [2.75, 3.05) is 5.75 Å². The quantitative estimate of drug-likeness (QED) is 0.656. The van der Waals surface area contributed by atoms with Crippen LogP contribution in [0.1, 0.15) is 27.7 Å². The first-order valence-corrected chi connectivity index (χ1v) is 8.95. The smallest absolute Gasteiger partial charge is 0.346 e. The lowest BCUT2D eigenvalue weighted by Gasteiger charge is -2.38. The molecule has 0 unspecified atom stereocenters. The van der Waals surface area contributed by atoms with E-state index in [4.69, 9.17) is 9.05 Å². The van der Waals surface area contributed by atoms with E-state index in [1.165, 1.54) is 0 Å². The van der Waals surface area contributed by atoms with Gasteiger partial charge in [0, 0.05) is 5.75 Å². The summed E-state index contributed by atoms with van der Waals surface area (Å²) in [4.78, 5) is -0.893. The second kappa shape index (κ2) is 6.89. The maximum Gasteiger partial charge on any atom is 0.346 e. The van der Waals surface area contributed by atoms with Crippen LogP contribution in [0.4, 0.5) is 0 Å². The standard InChI is InChI=1S/C11H23O6PS/c1-6(2)16-18(15,17-7(3)4)11-10(14)9(13)8(12)5-19-11/h6-14H,5H2,1-4H3/t8-,9-,10+,11-/m0/s1. The van der Waals surface area contributed by atoms with Crippen molar-refractivity contribution in [2.45, 2.75) is 63.2 Å². The summed E-state index contributed by atoms with van der Waals surface area (Å²) in [7, 11) is -3.59. The maximum absolute atomic E-state index is 12.8. The fourth-order valence-corrected chi connectivity index (χ4v) is 6.05. The van der Waals surface area contributed by atoms with Crippen molar-refractivity contribution >= 4 is 19.4 Å². The van der Waals surface area contributed by atoms with Gasteiger partial charge in [0.05, 0.1) is 18.3 Å². The fraction of sp³-hybridized carbons (Fsp3) is 1.00. The molecule has 1 saturated heterocycles. The van der Waals surface area contributed by atoms with Crippen molar-refractivity contribution in [1.29, 1.82) is 0 Å². The third kappa shape index (κ3) is 4.43. The van der Waals surface area contributed by atoms with Crippen LogP contribution in [-0.2, 0) is 13.6 Å². The molecule has 1 fully saturated rings. The predicted molar refractivity (Wildman–Crippen MR) is 74.3 cm³/mol. The summed E-state index contributed by atoms with van der Waals surface area (Å²) in [5, 5.41) is 29.2. The molecule has 1 aliphatic heterocycles. The van der Waals surface area contributed by atoms with E-state index >= 15 is 0 Å². The molecule has 4 atom stereocenters. The number of hydrogen-bond donors (Lipinski definition) is 3. The number of hydrogen-bond acceptors (Lipinski definition) is 7. The SMILES string of the molecule is CC(C)OP(=O)(OC(C)C)[C@H]1SC[C@H](O)[C@H](O)[C@H]1O. The lowest BCUT2D eigenvalue weighted by molar-refractivity contribution is -0.0513. The summed E-state index contributed by atoms with van der Waals surface area (Å²) in [5.74, 6) is 0.176. The minimum Gasteiger partial charge on any atom is -0.389 e. The molecule has 0 aromatic carbocycles. The molecule has 114 valence electrons. The highest BCUT2D eigenvalue weighted by atomic mass is 32.2. The van der Waals surface area contributed by atoms with Crippen LogP contribution < -0.4 is 0 Å². The molecule has 1 rings (SSSR count). The van der Waals surface area contributed by atoms with Crippen LogP contribution in [-0.4, -0.2) is 56.6 Å². The Morgan fingerprint density at radius 3 is 1.95 bits per heavy atom. The van der Waals surface area contributed by atoms with Crippen molar-refractivity contribution in [2.24, 2.45) is 0 Å². The summed E-state index contributed by atoms with van der Waals surface area (Å²) in [6.07, 6.45) is -4.39. The molecule has 0 aromatic heterocycles. The second-order valence-electron chi connectivity index (χ2n) is 5.12. The highest BCUT2D eigenvalue weighted by Gasteiger charge is 2.49. The van der Waals surface area contributed by atoms with Crippen molar-refractivity contribution in [3.63, 3.8) is 0 Å². The second-order valence-corrected chi connectivity index (χ2v) is 8.70. The zero-order chi connectivity index (χ0) is 14.8. The summed E-state index contributed by atoms with van der Waals surface area (Å²) in [6.45, 7) is 6.89. The Morgan fingerprint density at radius 2 is 1.53 bits per heavy atom. The summed E-state index contributed by atoms with van der Waals surface area (Å²) < 4.78 is 23.6. The average Bonchev–Trinajstić information content (AvgIpc) is 2.23. The largest absolute Gasteiger partial charge is 0.389 e. The molecule has 8 heteroatoms. The van der Waals surface area contributed by atoms with Gasteiger partial charge < -0.3 is 24.4 Å². The predicted octanol–water partition coefficient (Wildman–Crippen LogP) is 1.19. The normalized spacial score (nSPS) is 33.1. The minimum atomic E-state index is -3.59. The van der Waals surface area contributed by atoms with E-state index in [1.807, 2.05) is 0 Å². The van der Waals surface area contributed by atoms with Gasteiger partial charge in [0.25, 0.3) is 0 Å². The van der Waals surface area contributed by atoms with E-state index in [-0.39, 0.29) is 18.0 Å². The molecule has 0 amide bonds. The van der Waals surface area contributed by atoms with Crippen molar-refractivity contribution in [3.05, 3.63) is 0 Å². The molecule has 0 aromatic rings. The third-order valence-electron chi connectivity index (χ3n) is 2.50. The number of rotatable bonds is 5. The molecule has 0 bridgehead atoms. The molecule has 0 aliphatic carbocycles. The van der Waals surface area contributed by atoms with Gasteiger partial charge in [-0.25, -0.2) is 0 Å². The number of thioether (sulfide) groups is 1. The van der Waals surface area contributed by atoms with Gasteiger partial charge >= 0.3 is 7.60 Å². The zero-order valence-corrected chi connectivity index (χ0v) is 13.3. The Hall–Kier alpha value is 0.380. The van der Waals surface area contributed by atoms with Gasteiger partial charge in [-0.1, -0.05) is 0 Å². The lowest BCUT2D eigenvalue weighted by Crippen LogP contribution is -2.49. The van der Waals surface area contributed by atoms with Gasteiger partial charge in [0.2, 0.25) is 0 Å². The van der Waals surface area contributed by atoms with Gasteiger partial charge in [0.1, 0.15) is 17.2 Å². The summed E-state index contributed by atoms with van der Waals surface area (Å²) in [5.41, 5.74) is 0. The average molecular weight is 314 g/mol. The first kappa shape index (κ1) is 17.4. The topological polar surface area (TPSA) is 96.2 Å². The number of aliphatic hydroxyl groups is 3. The van der Waals surface area contributed by atoms with Crippen LogP contribution >= 0.6 is 19.4 Å². The van der Waals surface area contributed by atoms with Crippen LogP contribution in [0, 0.1) is 0 Å². The van der Waals surface area contributed by atoms with Gasteiger partial charge in [-0.05, 0) is 27.7 Å². The van der Waals surface area contributed by atoms with Crippen LogP contribution in [0.5, 0.6) is 0 Å². The Labute approximate surface area is 118 Å². The van der Waals surface area contributed by atoms with Crippen molar-refractivity contribution in [3.8, 4) is 0 Å². The molecule has 1 heterocycles. The molecule has 19 heavy (non-hydrogen) atoms. The summed E-state index contributed by atoms with van der Waals surface area (Å²) in [6, 6.07) is 0. The van der Waals surface area contributed by atoms with Gasteiger partial charge in [0.15, 0.2) is 0 Å². The van der Waals surface area contributed by atoms with E-state index in [0.29, 0.717) is 0 Å². The molecular formula is C11H23O6PS. The van der Waals surface area contributed by atoms with E-state index < -0.39 is 30.9 Å². The first-order chi connectivity index (χ1) is 8.67. The maximum atomic E-state index is 12.8. The molecule has 3 N–H and O–H groups in total. The van der Waals surface area contributed by atoms with E-state index in [0.717, 1.165) is 11.8 Å². The molecule has 6 nitrogen and oxygen atoms in total. The Kier molecular flexibility index (Phi) is 6.32. The van der Waals surface area contributed by atoms with Crippen molar-refractivity contribution < 1.29 is 28.9 Å². The molecule has 0 saturated carbocycles. The molecule has 1 aliphatic rings. The van der Waals surface area contributed by atoms with Crippen LogP contribution in [0.15, 0.2) is 0 Å². The minimum absolute atomic E-state index is 0.176. The lowest BCUT2D eigenvalue weighted by atomic mass is 10.1. The fourth-order valence-electron chi connectivity index (χ4n) is 1.80. The highest BCUT2D eigenvalue weighted by molar-refractivity contribution is 8.05. The Bertz CT molecular complexity index is 323. The van der Waals surface area contributed by atoms with E-state index in [9.17, 15) is 19.9 Å². The Morgan fingerprint density at radius 1 is 1.05 bits per heavy atom. The van der Waals surface area contributed by atoms with Crippen LogP contribution in [0.25, 0.3) is 0 Å². The van der Waals surface area contributed by atoms with Gasteiger partial charge in [-0.2, -0.15) is 0 Å².